The maximum Gasteiger partial charge on any atom is 0.248 e. The fourth-order valence-electron chi connectivity index (χ4n) is 3.85. The molecule has 2 aliphatic rings. The van der Waals surface area contributed by atoms with Gasteiger partial charge in [-0.2, -0.15) is 0 Å². The van der Waals surface area contributed by atoms with Crippen molar-refractivity contribution in [2.45, 2.75) is 18.5 Å². The highest BCUT2D eigenvalue weighted by molar-refractivity contribution is 8.00. The molecular formula is C21H22N2O3S. The molecule has 2 aromatic rings. The molecule has 140 valence electrons. The quantitative estimate of drug-likeness (QED) is 0.721. The molecule has 2 aliphatic heterocycles. The van der Waals surface area contributed by atoms with Gasteiger partial charge in [0.1, 0.15) is 11.8 Å². The van der Waals surface area contributed by atoms with Gasteiger partial charge in [-0.1, -0.05) is 48.5 Å². The predicted octanol–water partition coefficient (Wildman–Crippen LogP) is 2.72. The first-order chi connectivity index (χ1) is 13.2. The molecule has 0 bridgehead atoms. The molecule has 0 saturated carbocycles. The lowest BCUT2D eigenvalue weighted by atomic mass is 9.86. The molecule has 2 unspecified atom stereocenters. The Bertz CT molecular complexity index is 842. The van der Waals surface area contributed by atoms with Gasteiger partial charge in [-0.05, 0) is 18.1 Å². The fraction of sp³-hybridized carbons (Fsp3) is 0.333. The molecular weight excluding hydrogens is 360 g/mol. The molecule has 2 heterocycles. The van der Waals surface area contributed by atoms with Crippen LogP contribution in [0, 0.1) is 0 Å². The van der Waals surface area contributed by atoms with E-state index in [1.165, 1.54) is 5.56 Å². The molecule has 4 rings (SSSR count). The molecule has 2 atom stereocenters. The standard InChI is InChI=1S/C21H22N2O3S/c1-26-17-10-6-5-9-16(17)19-20(23-14-27-13-18(23)24)21(25)22(19)12-11-15-7-3-2-4-8-15/h2-10,19-20H,11-14H2,1H3. The molecule has 0 aliphatic carbocycles. The summed E-state index contributed by atoms with van der Waals surface area (Å²) in [6, 6.07) is 17.3. The first kappa shape index (κ1) is 17.9. The Morgan fingerprint density at radius 1 is 1.04 bits per heavy atom. The van der Waals surface area contributed by atoms with Crippen molar-refractivity contribution in [1.82, 2.24) is 9.80 Å². The minimum absolute atomic E-state index is 0.0256. The van der Waals surface area contributed by atoms with Gasteiger partial charge >= 0.3 is 0 Å². The van der Waals surface area contributed by atoms with Gasteiger partial charge in [0.25, 0.3) is 0 Å². The van der Waals surface area contributed by atoms with Crippen LogP contribution in [-0.4, -0.2) is 52.9 Å². The van der Waals surface area contributed by atoms with Crippen molar-refractivity contribution < 1.29 is 14.3 Å². The molecule has 0 spiro atoms. The van der Waals surface area contributed by atoms with Crippen LogP contribution in [0.15, 0.2) is 54.6 Å². The molecule has 0 radical (unpaired) electrons. The number of thioether (sulfide) groups is 1. The zero-order valence-corrected chi connectivity index (χ0v) is 16.0. The normalized spacial score (nSPS) is 22.1. The number of benzene rings is 2. The van der Waals surface area contributed by atoms with Crippen LogP contribution in [0.3, 0.4) is 0 Å². The maximum absolute atomic E-state index is 13.0. The number of β-lactam (4-membered cyclic amide) rings is 1. The van der Waals surface area contributed by atoms with Crippen LogP contribution in [0.25, 0.3) is 0 Å². The molecule has 5 nitrogen and oxygen atoms in total. The second-order valence-electron chi connectivity index (χ2n) is 6.74. The number of likely N-dealkylation sites (tertiary alicyclic amines) is 1. The molecule has 6 heteroatoms. The number of hydrogen-bond donors (Lipinski definition) is 0. The zero-order chi connectivity index (χ0) is 18.8. The van der Waals surface area contributed by atoms with Crippen LogP contribution in [0.4, 0.5) is 0 Å². The number of nitrogens with zero attached hydrogens (tertiary/aromatic N) is 2. The minimum Gasteiger partial charge on any atom is -0.496 e. The van der Waals surface area contributed by atoms with Gasteiger partial charge in [0.2, 0.25) is 11.8 Å². The van der Waals surface area contributed by atoms with Crippen LogP contribution < -0.4 is 4.74 Å². The van der Waals surface area contributed by atoms with Crippen molar-refractivity contribution in [3.8, 4) is 5.75 Å². The van der Waals surface area contributed by atoms with E-state index < -0.39 is 6.04 Å². The molecule has 2 amide bonds. The Hall–Kier alpha value is -2.47. The molecule has 2 fully saturated rings. The van der Waals surface area contributed by atoms with Crippen molar-refractivity contribution >= 4 is 23.6 Å². The average molecular weight is 382 g/mol. The van der Waals surface area contributed by atoms with Crippen LogP contribution in [0.2, 0.25) is 0 Å². The van der Waals surface area contributed by atoms with E-state index >= 15 is 0 Å². The van der Waals surface area contributed by atoms with Gasteiger partial charge in [0, 0.05) is 12.1 Å². The number of carbonyl (C=O) groups excluding carboxylic acids is 2. The molecule has 2 saturated heterocycles. The van der Waals surface area contributed by atoms with E-state index in [1.807, 2.05) is 47.4 Å². The zero-order valence-electron chi connectivity index (χ0n) is 15.2. The van der Waals surface area contributed by atoms with Gasteiger partial charge in [0.15, 0.2) is 0 Å². The largest absolute Gasteiger partial charge is 0.496 e. The Labute approximate surface area is 163 Å². The highest BCUT2D eigenvalue weighted by Gasteiger charge is 2.53. The number of carbonyl (C=O) groups is 2. The summed E-state index contributed by atoms with van der Waals surface area (Å²) in [7, 11) is 1.64. The highest BCUT2D eigenvalue weighted by atomic mass is 32.2. The summed E-state index contributed by atoms with van der Waals surface area (Å²) < 4.78 is 5.54. The van der Waals surface area contributed by atoms with Crippen molar-refractivity contribution in [2.24, 2.45) is 0 Å². The van der Waals surface area contributed by atoms with Gasteiger partial charge < -0.3 is 14.5 Å². The molecule has 2 aromatic carbocycles. The van der Waals surface area contributed by atoms with E-state index in [-0.39, 0.29) is 17.9 Å². The van der Waals surface area contributed by atoms with Crippen molar-refractivity contribution in [3.05, 3.63) is 65.7 Å². The maximum atomic E-state index is 13.0. The Balaban J connectivity index is 1.61. The lowest BCUT2D eigenvalue weighted by molar-refractivity contribution is -0.163. The number of rotatable bonds is 6. The minimum atomic E-state index is -0.431. The first-order valence-corrected chi connectivity index (χ1v) is 10.2. The average Bonchev–Trinajstić information content (AvgIpc) is 3.12. The van der Waals surface area contributed by atoms with Gasteiger partial charge in [0.05, 0.1) is 24.8 Å². The van der Waals surface area contributed by atoms with E-state index in [4.69, 9.17) is 4.74 Å². The van der Waals surface area contributed by atoms with Crippen molar-refractivity contribution in [1.29, 1.82) is 0 Å². The SMILES string of the molecule is COc1ccccc1C1C(N2CSCC2=O)C(=O)N1CCc1ccccc1. The Morgan fingerprint density at radius 2 is 1.78 bits per heavy atom. The lowest BCUT2D eigenvalue weighted by Gasteiger charge is -2.50. The summed E-state index contributed by atoms with van der Waals surface area (Å²) in [4.78, 5) is 28.9. The molecule has 27 heavy (non-hydrogen) atoms. The van der Waals surface area contributed by atoms with Crippen molar-refractivity contribution in [3.63, 3.8) is 0 Å². The predicted molar refractivity (Wildman–Crippen MR) is 106 cm³/mol. The summed E-state index contributed by atoms with van der Waals surface area (Å²) in [6.07, 6.45) is 0.785. The second kappa shape index (κ2) is 7.64. The van der Waals surface area contributed by atoms with Gasteiger partial charge in [-0.3, -0.25) is 9.59 Å². The Morgan fingerprint density at radius 3 is 2.48 bits per heavy atom. The monoisotopic (exact) mass is 382 g/mol. The van der Waals surface area contributed by atoms with Crippen LogP contribution in [0.1, 0.15) is 17.2 Å². The summed E-state index contributed by atoms with van der Waals surface area (Å²) >= 11 is 1.56. The van der Waals surface area contributed by atoms with Gasteiger partial charge in [-0.25, -0.2) is 0 Å². The van der Waals surface area contributed by atoms with E-state index in [0.717, 1.165) is 17.7 Å². The van der Waals surface area contributed by atoms with Gasteiger partial charge in [-0.15, -0.1) is 11.8 Å². The summed E-state index contributed by atoms with van der Waals surface area (Å²) in [5.41, 5.74) is 2.16. The number of methoxy groups -OCH3 is 1. The third kappa shape index (κ3) is 3.30. The number of amides is 2. The highest BCUT2D eigenvalue weighted by Crippen LogP contribution is 2.43. The third-order valence-corrected chi connectivity index (χ3v) is 6.14. The first-order valence-electron chi connectivity index (χ1n) is 9.05. The van der Waals surface area contributed by atoms with E-state index in [2.05, 4.69) is 12.1 Å². The smallest absolute Gasteiger partial charge is 0.248 e. The Kier molecular flexibility index (Phi) is 5.07. The van der Waals surface area contributed by atoms with Crippen LogP contribution in [-0.2, 0) is 16.0 Å². The van der Waals surface area contributed by atoms with Crippen molar-refractivity contribution in [2.75, 3.05) is 25.3 Å². The molecule has 0 N–H and O–H groups in total. The second-order valence-corrected chi connectivity index (χ2v) is 7.70. The fourth-order valence-corrected chi connectivity index (χ4v) is 4.78. The van der Waals surface area contributed by atoms with E-state index in [1.54, 1.807) is 23.8 Å². The molecule has 0 aromatic heterocycles. The van der Waals surface area contributed by atoms with E-state index in [0.29, 0.717) is 18.2 Å². The third-order valence-electron chi connectivity index (χ3n) is 5.22. The summed E-state index contributed by atoms with van der Waals surface area (Å²) in [6.45, 7) is 0.622. The number of ether oxygens (including phenoxy) is 1. The van der Waals surface area contributed by atoms with E-state index in [9.17, 15) is 9.59 Å². The summed E-state index contributed by atoms with van der Waals surface area (Å²) in [5, 5.41) is 0. The van der Waals surface area contributed by atoms with Crippen LogP contribution >= 0.6 is 11.8 Å². The van der Waals surface area contributed by atoms with Crippen LogP contribution in [0.5, 0.6) is 5.75 Å². The number of hydrogen-bond acceptors (Lipinski definition) is 4. The number of para-hydroxylation sites is 1. The lowest BCUT2D eigenvalue weighted by Crippen LogP contribution is -2.66. The summed E-state index contributed by atoms with van der Waals surface area (Å²) in [5.74, 6) is 1.85. The topological polar surface area (TPSA) is 49.9 Å².